The molecule has 1 amide bonds. The lowest BCUT2D eigenvalue weighted by molar-refractivity contribution is -0.173. The van der Waals surface area contributed by atoms with Crippen molar-refractivity contribution >= 4 is 11.7 Å². The lowest BCUT2D eigenvalue weighted by Gasteiger charge is -2.33. The van der Waals surface area contributed by atoms with Crippen molar-refractivity contribution in [3.63, 3.8) is 0 Å². The van der Waals surface area contributed by atoms with E-state index in [9.17, 15) is 18.0 Å². The highest BCUT2D eigenvalue weighted by Crippen LogP contribution is 2.43. The summed E-state index contributed by atoms with van der Waals surface area (Å²) in [4.78, 5) is 16.4. The molecule has 3 aromatic rings. The van der Waals surface area contributed by atoms with E-state index in [0.717, 1.165) is 4.68 Å². The number of nitrogens with one attached hydrogen (secondary N) is 2. The van der Waals surface area contributed by atoms with Crippen LogP contribution in [0.3, 0.4) is 0 Å². The number of carbonyl (C=O) groups is 1. The Bertz CT molecular complexity index is 1060. The highest BCUT2D eigenvalue weighted by Gasteiger charge is 2.46. The third-order valence-corrected chi connectivity index (χ3v) is 5.36. The molecule has 0 radical (unpaired) electrons. The summed E-state index contributed by atoms with van der Waals surface area (Å²) in [5, 5.41) is 9.76. The van der Waals surface area contributed by atoms with Gasteiger partial charge in [-0.1, -0.05) is 12.1 Å². The third-order valence-electron chi connectivity index (χ3n) is 5.36. The number of fused-ring (bicyclic) bond motifs is 1. The Morgan fingerprint density at radius 2 is 2.19 bits per heavy atom. The van der Waals surface area contributed by atoms with Gasteiger partial charge in [-0.05, 0) is 24.1 Å². The summed E-state index contributed by atoms with van der Waals surface area (Å²) in [6, 6.07) is 5.80. The molecular formula is C21H23F3N6O2. The number of aromatic nitrogens is 4. The predicted molar refractivity (Wildman–Crippen MR) is 110 cm³/mol. The minimum Gasteiger partial charge on any atom is -0.497 e. The number of carbonyl (C=O) groups excluding carboxylic acids is 1. The van der Waals surface area contributed by atoms with E-state index in [4.69, 9.17) is 4.74 Å². The Kier molecular flexibility index (Phi) is 6.06. The summed E-state index contributed by atoms with van der Waals surface area (Å²) in [7, 11) is 1.50. The van der Waals surface area contributed by atoms with E-state index in [1.165, 1.54) is 13.2 Å². The van der Waals surface area contributed by atoms with E-state index >= 15 is 0 Å². The predicted octanol–water partition coefficient (Wildman–Crippen LogP) is 3.57. The van der Waals surface area contributed by atoms with Crippen molar-refractivity contribution in [3.8, 4) is 5.75 Å². The van der Waals surface area contributed by atoms with E-state index in [1.54, 1.807) is 36.8 Å². The standard InChI is InChI=1S/C21H23F3N6O2/c1-32-15-5-2-4-14(10-15)16-11-18(21(22,23)24)30-19(27-16)12-17(28-30)20(31)26-6-3-8-29-9-7-25-13-29/h2,4-5,7,9-10,12-13,16,18,27H,3,6,8,11H2,1H3,(H,26,31)/t16-,18-/m0/s1. The molecular weight excluding hydrogens is 425 g/mol. The van der Waals surface area contributed by atoms with Crippen molar-refractivity contribution in [1.82, 2.24) is 24.6 Å². The number of nitrogens with zero attached hydrogens (tertiary/aromatic N) is 4. The Morgan fingerprint density at radius 1 is 1.34 bits per heavy atom. The van der Waals surface area contributed by atoms with E-state index in [0.29, 0.717) is 30.8 Å². The van der Waals surface area contributed by atoms with Crippen LogP contribution in [0, 0.1) is 0 Å². The van der Waals surface area contributed by atoms with Crippen LogP contribution < -0.4 is 15.4 Å². The summed E-state index contributed by atoms with van der Waals surface area (Å²) in [6.07, 6.45) is 1.03. The van der Waals surface area contributed by atoms with Crippen LogP contribution in [-0.4, -0.2) is 45.1 Å². The van der Waals surface area contributed by atoms with Crippen LogP contribution >= 0.6 is 0 Å². The monoisotopic (exact) mass is 448 g/mol. The molecule has 0 fully saturated rings. The first-order valence-electron chi connectivity index (χ1n) is 10.2. The van der Waals surface area contributed by atoms with Crippen molar-refractivity contribution in [3.05, 3.63) is 60.3 Å². The number of hydrogen-bond donors (Lipinski definition) is 2. The fraction of sp³-hybridized carbons (Fsp3) is 0.381. The van der Waals surface area contributed by atoms with Gasteiger partial charge in [-0.25, -0.2) is 9.67 Å². The van der Waals surface area contributed by atoms with Gasteiger partial charge in [0.2, 0.25) is 0 Å². The lowest BCUT2D eigenvalue weighted by atomic mass is 9.97. The van der Waals surface area contributed by atoms with Crippen molar-refractivity contribution in [2.45, 2.75) is 37.6 Å². The number of halogens is 3. The molecule has 32 heavy (non-hydrogen) atoms. The smallest absolute Gasteiger partial charge is 0.410 e. The number of benzene rings is 1. The number of alkyl halides is 3. The van der Waals surface area contributed by atoms with Gasteiger partial charge in [0.1, 0.15) is 11.6 Å². The first kappa shape index (κ1) is 21.7. The molecule has 170 valence electrons. The molecule has 3 heterocycles. The van der Waals surface area contributed by atoms with Gasteiger partial charge in [0.15, 0.2) is 11.7 Å². The molecule has 2 N–H and O–H groups in total. The largest absolute Gasteiger partial charge is 0.497 e. The summed E-state index contributed by atoms with van der Waals surface area (Å²) in [6.45, 7) is 1.03. The van der Waals surface area contributed by atoms with E-state index in [2.05, 4.69) is 20.7 Å². The highest BCUT2D eigenvalue weighted by atomic mass is 19.4. The first-order valence-corrected chi connectivity index (χ1v) is 10.2. The minimum atomic E-state index is -4.52. The zero-order valence-corrected chi connectivity index (χ0v) is 17.3. The summed E-state index contributed by atoms with van der Waals surface area (Å²) < 4.78 is 49.4. The molecule has 0 spiro atoms. The van der Waals surface area contributed by atoms with Crippen LogP contribution in [0.4, 0.5) is 19.0 Å². The number of aryl methyl sites for hydroxylation is 1. The van der Waals surface area contributed by atoms with E-state index < -0.39 is 24.2 Å². The number of methoxy groups -OCH3 is 1. The van der Waals surface area contributed by atoms with Gasteiger partial charge in [-0.15, -0.1) is 0 Å². The molecule has 2 aromatic heterocycles. The number of anilines is 1. The normalized spacial score (nSPS) is 18.0. The Morgan fingerprint density at radius 3 is 2.91 bits per heavy atom. The molecule has 0 saturated carbocycles. The fourth-order valence-electron chi connectivity index (χ4n) is 3.73. The van der Waals surface area contributed by atoms with Gasteiger partial charge in [0, 0.05) is 38.0 Å². The Balaban J connectivity index is 1.49. The number of ether oxygens (including phenoxy) is 1. The van der Waals surface area contributed by atoms with Crippen molar-refractivity contribution in [1.29, 1.82) is 0 Å². The van der Waals surface area contributed by atoms with Gasteiger partial charge in [-0.2, -0.15) is 18.3 Å². The van der Waals surface area contributed by atoms with Crippen LogP contribution in [-0.2, 0) is 6.54 Å². The Hall–Kier alpha value is -3.50. The molecule has 0 bridgehead atoms. The van der Waals surface area contributed by atoms with Gasteiger partial charge in [-0.3, -0.25) is 4.79 Å². The molecule has 4 rings (SSSR count). The van der Waals surface area contributed by atoms with Crippen LogP contribution in [0.15, 0.2) is 49.1 Å². The van der Waals surface area contributed by atoms with Gasteiger partial charge in [0.05, 0.1) is 19.5 Å². The zero-order chi connectivity index (χ0) is 22.7. The minimum absolute atomic E-state index is 0.0596. The lowest BCUT2D eigenvalue weighted by Crippen LogP contribution is -2.35. The molecule has 8 nitrogen and oxygen atoms in total. The number of amides is 1. The average molecular weight is 448 g/mol. The topological polar surface area (TPSA) is 86.0 Å². The van der Waals surface area contributed by atoms with Crippen molar-refractivity contribution < 1.29 is 22.7 Å². The summed E-state index contributed by atoms with van der Waals surface area (Å²) in [5.74, 6) is 0.191. The van der Waals surface area contributed by atoms with Crippen LogP contribution in [0.1, 0.15) is 41.0 Å². The van der Waals surface area contributed by atoms with Gasteiger partial charge >= 0.3 is 6.18 Å². The second-order valence-corrected chi connectivity index (χ2v) is 7.54. The fourth-order valence-corrected chi connectivity index (χ4v) is 3.73. The van der Waals surface area contributed by atoms with Gasteiger partial charge < -0.3 is 19.9 Å². The molecule has 1 aromatic carbocycles. The maximum Gasteiger partial charge on any atom is 0.410 e. The quantitative estimate of drug-likeness (QED) is 0.540. The van der Waals surface area contributed by atoms with E-state index in [-0.39, 0.29) is 17.9 Å². The van der Waals surface area contributed by atoms with Crippen LogP contribution in [0.5, 0.6) is 5.75 Å². The molecule has 0 saturated heterocycles. The molecule has 0 unspecified atom stereocenters. The second kappa shape index (κ2) is 8.93. The number of rotatable bonds is 7. The highest BCUT2D eigenvalue weighted by molar-refractivity contribution is 5.93. The van der Waals surface area contributed by atoms with Crippen molar-refractivity contribution in [2.75, 3.05) is 19.0 Å². The Labute approximate surface area is 182 Å². The second-order valence-electron chi connectivity index (χ2n) is 7.54. The van der Waals surface area contributed by atoms with E-state index in [1.807, 2.05) is 10.8 Å². The van der Waals surface area contributed by atoms with Gasteiger partial charge in [0.25, 0.3) is 5.91 Å². The zero-order valence-electron chi connectivity index (χ0n) is 17.3. The molecule has 1 aliphatic heterocycles. The number of hydrogen-bond acceptors (Lipinski definition) is 5. The maximum atomic E-state index is 13.8. The molecule has 0 aliphatic carbocycles. The van der Waals surface area contributed by atoms with Crippen LogP contribution in [0.2, 0.25) is 0 Å². The van der Waals surface area contributed by atoms with Crippen molar-refractivity contribution in [2.24, 2.45) is 0 Å². The molecule has 1 aliphatic rings. The summed E-state index contributed by atoms with van der Waals surface area (Å²) >= 11 is 0. The first-order chi connectivity index (χ1) is 15.3. The maximum absolute atomic E-state index is 13.8. The average Bonchev–Trinajstić information content (AvgIpc) is 3.45. The molecule has 2 atom stereocenters. The SMILES string of the molecule is COc1cccc([C@@H]2C[C@@H](C(F)(F)F)n3nc(C(=O)NCCCn4ccnc4)cc3N2)c1. The third kappa shape index (κ3) is 4.71. The van der Waals surface area contributed by atoms with Crippen LogP contribution in [0.25, 0.3) is 0 Å². The summed E-state index contributed by atoms with van der Waals surface area (Å²) in [5.41, 5.74) is 0.604. The molecule has 11 heteroatoms. The number of imidazole rings is 1.